The summed E-state index contributed by atoms with van der Waals surface area (Å²) >= 11 is 3.48. The topological polar surface area (TPSA) is 117 Å². The molecule has 0 bridgehead atoms. The summed E-state index contributed by atoms with van der Waals surface area (Å²) in [5.74, 6) is 0.836. The first-order chi connectivity index (χ1) is 12.8. The van der Waals surface area contributed by atoms with Crippen molar-refractivity contribution in [3.05, 3.63) is 28.5 Å². The highest BCUT2D eigenvalue weighted by atomic mass is 79.9. The standard InChI is InChI=1S/C18H22BrN7O/c1-11-9-27-7-6-25(11)14-8-12(18(2,3)10-21)15-16(19)24-26(17(15)23-14)13(22)4-5-20/h4-5,8,11,22H,6-7,9,20H2,1-3H3/b5-4-,22-13?/t11-/m1/s1. The summed E-state index contributed by atoms with van der Waals surface area (Å²) in [6.07, 6.45) is 2.73. The van der Waals surface area contributed by atoms with Gasteiger partial charge in [0.05, 0.1) is 36.1 Å². The van der Waals surface area contributed by atoms with Crippen LogP contribution in [0.2, 0.25) is 0 Å². The second-order valence-corrected chi connectivity index (χ2v) is 7.78. The summed E-state index contributed by atoms with van der Waals surface area (Å²) in [7, 11) is 0. The second-order valence-electron chi connectivity index (χ2n) is 7.03. The van der Waals surface area contributed by atoms with Crippen LogP contribution >= 0.6 is 15.9 Å². The highest BCUT2D eigenvalue weighted by Crippen LogP contribution is 2.36. The fraction of sp³-hybridized carbons (Fsp3) is 0.444. The third kappa shape index (κ3) is 3.42. The quantitative estimate of drug-likeness (QED) is 0.569. The van der Waals surface area contributed by atoms with Crippen molar-refractivity contribution in [2.24, 2.45) is 5.73 Å². The maximum absolute atomic E-state index is 9.73. The van der Waals surface area contributed by atoms with Crippen LogP contribution in [0.15, 0.2) is 22.9 Å². The largest absolute Gasteiger partial charge is 0.404 e. The maximum Gasteiger partial charge on any atom is 0.168 e. The normalized spacial score (nSPS) is 18.2. The molecule has 1 fully saturated rings. The molecular weight excluding hydrogens is 410 g/mol. The number of pyridine rings is 1. The molecule has 1 aliphatic heterocycles. The number of morpholine rings is 1. The molecule has 8 nitrogen and oxygen atoms in total. The van der Waals surface area contributed by atoms with Gasteiger partial charge in [-0.1, -0.05) is 0 Å². The number of aromatic nitrogens is 3. The predicted molar refractivity (Wildman–Crippen MR) is 108 cm³/mol. The molecule has 142 valence electrons. The Labute approximate surface area is 166 Å². The fourth-order valence-electron chi connectivity index (χ4n) is 3.16. The molecule has 1 aliphatic rings. The number of hydrogen-bond acceptors (Lipinski definition) is 7. The Kier molecular flexibility index (Phi) is 5.22. The number of nitrogens with two attached hydrogens (primary N) is 1. The van der Waals surface area contributed by atoms with E-state index in [0.717, 1.165) is 16.8 Å². The number of nitrogens with zero attached hydrogens (tertiary/aromatic N) is 5. The van der Waals surface area contributed by atoms with Gasteiger partial charge in [-0.15, -0.1) is 0 Å². The summed E-state index contributed by atoms with van der Waals surface area (Å²) in [6, 6.07) is 4.47. The SMILES string of the molecule is C[C@@H]1COCCN1c1cc(C(C)(C)C#N)c2c(Br)nn(C(=N)/C=C\N)c2n1. The highest BCUT2D eigenvalue weighted by molar-refractivity contribution is 9.10. The molecule has 9 heteroatoms. The molecule has 1 saturated heterocycles. The molecule has 0 radical (unpaired) electrons. The average Bonchev–Trinajstić information content (AvgIpc) is 2.98. The summed E-state index contributed by atoms with van der Waals surface area (Å²) in [6.45, 7) is 7.75. The van der Waals surface area contributed by atoms with Gasteiger partial charge in [-0.3, -0.25) is 5.41 Å². The molecule has 0 spiro atoms. The average molecular weight is 432 g/mol. The van der Waals surface area contributed by atoms with Crippen LogP contribution in [0.3, 0.4) is 0 Å². The molecule has 0 saturated carbocycles. The minimum absolute atomic E-state index is 0.0913. The minimum atomic E-state index is -0.756. The Morgan fingerprint density at radius 2 is 2.30 bits per heavy atom. The Balaban J connectivity index is 2.31. The zero-order valence-electron chi connectivity index (χ0n) is 15.5. The van der Waals surface area contributed by atoms with E-state index in [1.54, 1.807) is 0 Å². The van der Waals surface area contributed by atoms with Gasteiger partial charge >= 0.3 is 0 Å². The van der Waals surface area contributed by atoms with Crippen LogP contribution in [-0.4, -0.2) is 46.4 Å². The van der Waals surface area contributed by atoms with E-state index < -0.39 is 5.41 Å². The first-order valence-electron chi connectivity index (χ1n) is 8.62. The number of hydrogen-bond donors (Lipinski definition) is 2. The van der Waals surface area contributed by atoms with Gasteiger partial charge in [-0.25, -0.2) is 4.98 Å². The molecule has 1 atom stereocenters. The Morgan fingerprint density at radius 1 is 1.56 bits per heavy atom. The van der Waals surface area contributed by atoms with E-state index in [1.807, 2.05) is 19.9 Å². The molecule has 3 heterocycles. The number of ether oxygens (including phenoxy) is 1. The minimum Gasteiger partial charge on any atom is -0.404 e. The monoisotopic (exact) mass is 431 g/mol. The van der Waals surface area contributed by atoms with E-state index in [4.69, 9.17) is 20.9 Å². The third-order valence-corrected chi connectivity index (χ3v) is 5.23. The van der Waals surface area contributed by atoms with Crippen molar-refractivity contribution >= 4 is 38.6 Å². The van der Waals surface area contributed by atoms with Gasteiger partial charge in [-0.05, 0) is 60.6 Å². The Bertz CT molecular complexity index is 957. The van der Waals surface area contributed by atoms with Crippen LogP contribution in [0.25, 0.3) is 11.0 Å². The zero-order valence-corrected chi connectivity index (χ0v) is 17.1. The number of fused-ring (bicyclic) bond motifs is 1. The Morgan fingerprint density at radius 3 is 2.93 bits per heavy atom. The van der Waals surface area contributed by atoms with Gasteiger partial charge in [0.1, 0.15) is 16.3 Å². The molecule has 27 heavy (non-hydrogen) atoms. The zero-order chi connectivity index (χ0) is 19.8. The number of halogens is 1. The number of nitriles is 1. The predicted octanol–water partition coefficient (Wildman–Crippen LogP) is 2.52. The summed E-state index contributed by atoms with van der Waals surface area (Å²) in [4.78, 5) is 6.96. The molecule has 3 N–H and O–H groups in total. The van der Waals surface area contributed by atoms with Gasteiger partial charge < -0.3 is 15.4 Å². The van der Waals surface area contributed by atoms with Crippen molar-refractivity contribution in [1.82, 2.24) is 14.8 Å². The lowest BCUT2D eigenvalue weighted by molar-refractivity contribution is 0.0985. The number of rotatable bonds is 3. The highest BCUT2D eigenvalue weighted by Gasteiger charge is 2.30. The summed E-state index contributed by atoms with van der Waals surface area (Å²) in [5.41, 5.74) is 6.01. The van der Waals surface area contributed by atoms with Gasteiger partial charge in [0, 0.05) is 6.54 Å². The van der Waals surface area contributed by atoms with E-state index in [0.29, 0.717) is 30.0 Å². The van der Waals surface area contributed by atoms with Gasteiger partial charge in [-0.2, -0.15) is 15.0 Å². The van der Waals surface area contributed by atoms with Crippen molar-refractivity contribution < 1.29 is 4.74 Å². The van der Waals surface area contributed by atoms with Crippen molar-refractivity contribution in [3.63, 3.8) is 0 Å². The van der Waals surface area contributed by atoms with E-state index >= 15 is 0 Å². The van der Waals surface area contributed by atoms with Crippen LogP contribution in [0, 0.1) is 16.7 Å². The molecular formula is C18H22BrN7O. The van der Waals surface area contributed by atoms with Gasteiger partial charge in [0.15, 0.2) is 5.65 Å². The lowest BCUT2D eigenvalue weighted by Gasteiger charge is -2.35. The smallest absolute Gasteiger partial charge is 0.168 e. The molecule has 2 aromatic rings. The van der Waals surface area contributed by atoms with Crippen molar-refractivity contribution in [2.45, 2.75) is 32.2 Å². The van der Waals surface area contributed by atoms with E-state index in [-0.39, 0.29) is 11.9 Å². The number of allylic oxidation sites excluding steroid dienone is 1. The molecule has 3 rings (SSSR count). The summed E-state index contributed by atoms with van der Waals surface area (Å²) < 4.78 is 7.50. The van der Waals surface area contributed by atoms with Crippen molar-refractivity contribution in [1.29, 1.82) is 10.7 Å². The van der Waals surface area contributed by atoms with Gasteiger partial charge in [0.25, 0.3) is 0 Å². The molecule has 2 aromatic heterocycles. The van der Waals surface area contributed by atoms with Crippen molar-refractivity contribution in [2.75, 3.05) is 24.7 Å². The fourth-order valence-corrected chi connectivity index (χ4v) is 3.71. The summed E-state index contributed by atoms with van der Waals surface area (Å²) in [5, 5.41) is 23.1. The first kappa shape index (κ1) is 19.3. The van der Waals surface area contributed by atoms with Crippen LogP contribution in [0.5, 0.6) is 0 Å². The lowest BCUT2D eigenvalue weighted by atomic mass is 9.85. The molecule has 0 amide bonds. The maximum atomic E-state index is 9.73. The molecule has 0 aliphatic carbocycles. The van der Waals surface area contributed by atoms with Crippen LogP contribution in [0.1, 0.15) is 26.3 Å². The lowest BCUT2D eigenvalue weighted by Crippen LogP contribution is -2.44. The first-order valence-corrected chi connectivity index (χ1v) is 9.42. The van der Waals surface area contributed by atoms with Gasteiger partial charge in [0.2, 0.25) is 0 Å². The van der Waals surface area contributed by atoms with Crippen LogP contribution < -0.4 is 10.6 Å². The van der Waals surface area contributed by atoms with Crippen LogP contribution in [-0.2, 0) is 10.2 Å². The molecule has 0 unspecified atom stereocenters. The number of nitrogens with one attached hydrogen (secondary N) is 1. The Hall–Kier alpha value is -2.44. The van der Waals surface area contributed by atoms with Crippen LogP contribution in [0.4, 0.5) is 5.82 Å². The second kappa shape index (κ2) is 7.29. The van der Waals surface area contributed by atoms with E-state index in [1.165, 1.54) is 17.0 Å². The van der Waals surface area contributed by atoms with E-state index in [2.05, 4.69) is 38.9 Å². The number of anilines is 1. The third-order valence-electron chi connectivity index (χ3n) is 4.68. The van der Waals surface area contributed by atoms with E-state index in [9.17, 15) is 5.26 Å². The van der Waals surface area contributed by atoms with Crippen molar-refractivity contribution in [3.8, 4) is 6.07 Å². The molecule has 0 aromatic carbocycles.